The van der Waals surface area contributed by atoms with Crippen molar-refractivity contribution in [2.75, 3.05) is 0 Å². The van der Waals surface area contributed by atoms with Crippen LogP contribution in [0.25, 0.3) is 0 Å². The molecule has 0 aliphatic carbocycles. The molecule has 1 aromatic rings. The molecule has 1 rings (SSSR count). The summed E-state index contributed by atoms with van der Waals surface area (Å²) in [5.41, 5.74) is 7.56. The Hall–Kier alpha value is 0.0916. The Bertz CT molecular complexity index is 314. The van der Waals surface area contributed by atoms with E-state index in [1.165, 1.54) is 5.56 Å². The molecule has 0 spiro atoms. The summed E-state index contributed by atoms with van der Waals surface area (Å²) in [4.78, 5) is 0. The molecule has 0 saturated heterocycles. The van der Waals surface area contributed by atoms with Crippen molar-refractivity contribution >= 4 is 5.84 Å². The van der Waals surface area contributed by atoms with Gasteiger partial charge < -0.3 is 11.2 Å². The number of amidine groups is 1. The van der Waals surface area contributed by atoms with Gasteiger partial charge in [0.25, 0.3) is 0 Å². The van der Waals surface area contributed by atoms with Gasteiger partial charge in [-0.3, -0.25) is 5.41 Å². The quantitative estimate of drug-likeness (QED) is 0.523. The number of hydrogen-bond donors (Lipinski definition) is 2. The van der Waals surface area contributed by atoms with Crippen molar-refractivity contribution in [2.45, 2.75) is 26.2 Å². The zero-order chi connectivity index (χ0) is 10.1. The maximum Gasteiger partial charge on any atom is 0.122 e. The Kier molecular flexibility index (Phi) is 7.72. The van der Waals surface area contributed by atoms with E-state index in [-0.39, 0.29) is 60.8 Å². The zero-order valence-electron chi connectivity index (χ0n) is 9.46. The van der Waals surface area contributed by atoms with Crippen LogP contribution < -0.4 is 5.73 Å². The van der Waals surface area contributed by atoms with Gasteiger partial charge in [0.2, 0.25) is 0 Å². The summed E-state index contributed by atoms with van der Waals surface area (Å²) in [6.45, 7) is 6.49. The van der Waals surface area contributed by atoms with E-state index in [1.54, 1.807) is 0 Å². The SMILES string of the molecule is CC(C)(C)c1ccc(C(=N)N)cc1.O.[Ac]. The third kappa shape index (κ3) is 5.10. The van der Waals surface area contributed by atoms with Gasteiger partial charge in [-0.2, -0.15) is 0 Å². The Morgan fingerprint density at radius 3 is 1.80 bits per heavy atom. The fourth-order valence-electron chi connectivity index (χ4n) is 1.15. The van der Waals surface area contributed by atoms with Gasteiger partial charge in [-0.1, -0.05) is 45.0 Å². The Morgan fingerprint density at radius 2 is 1.53 bits per heavy atom. The molecule has 5 N–H and O–H groups in total. The van der Waals surface area contributed by atoms with Crippen molar-refractivity contribution in [1.29, 1.82) is 5.41 Å². The van der Waals surface area contributed by atoms with Crippen LogP contribution in [0.1, 0.15) is 31.9 Å². The molecule has 0 amide bonds. The first kappa shape index (κ1) is 17.5. The third-order valence-corrected chi connectivity index (χ3v) is 2.06. The van der Waals surface area contributed by atoms with E-state index in [9.17, 15) is 0 Å². The molecule has 4 heteroatoms. The van der Waals surface area contributed by atoms with E-state index in [1.807, 2.05) is 24.3 Å². The van der Waals surface area contributed by atoms with E-state index in [2.05, 4.69) is 20.8 Å². The van der Waals surface area contributed by atoms with Gasteiger partial charge in [0, 0.05) is 49.6 Å². The smallest absolute Gasteiger partial charge is 0.122 e. The number of nitrogens with one attached hydrogen (secondary N) is 1. The minimum absolute atomic E-state index is 0. The van der Waals surface area contributed by atoms with E-state index in [0.717, 1.165) is 5.56 Å². The maximum absolute atomic E-state index is 7.24. The Morgan fingerprint density at radius 1 is 1.13 bits per heavy atom. The largest absolute Gasteiger partial charge is 0.412 e. The molecular formula is C11H18AcN2O. The number of benzene rings is 1. The van der Waals surface area contributed by atoms with E-state index in [0.29, 0.717) is 0 Å². The van der Waals surface area contributed by atoms with Gasteiger partial charge in [-0.15, -0.1) is 0 Å². The molecule has 1 radical (unpaired) electrons. The van der Waals surface area contributed by atoms with Crippen LogP contribution in [0.5, 0.6) is 0 Å². The van der Waals surface area contributed by atoms with Crippen LogP contribution in [0.2, 0.25) is 0 Å². The third-order valence-electron chi connectivity index (χ3n) is 2.06. The number of rotatable bonds is 1. The van der Waals surface area contributed by atoms with Crippen LogP contribution in [-0.4, -0.2) is 11.3 Å². The van der Waals surface area contributed by atoms with Crippen LogP contribution in [0.15, 0.2) is 24.3 Å². The van der Waals surface area contributed by atoms with Crippen molar-refractivity contribution in [3.63, 3.8) is 0 Å². The van der Waals surface area contributed by atoms with Gasteiger partial charge in [0.1, 0.15) is 5.84 Å². The van der Waals surface area contributed by atoms with Crippen LogP contribution in [0, 0.1) is 49.5 Å². The van der Waals surface area contributed by atoms with Crippen molar-refractivity contribution < 1.29 is 49.5 Å². The minimum Gasteiger partial charge on any atom is -0.412 e. The van der Waals surface area contributed by atoms with Crippen molar-refractivity contribution in [3.05, 3.63) is 35.4 Å². The average Bonchev–Trinajstić information content (AvgIpc) is 2.03. The molecule has 0 aliphatic rings. The molecule has 0 aromatic heterocycles. The van der Waals surface area contributed by atoms with Crippen LogP contribution in [0.4, 0.5) is 0 Å². The van der Waals surface area contributed by atoms with E-state index < -0.39 is 0 Å². The second kappa shape index (κ2) is 6.63. The molecule has 15 heavy (non-hydrogen) atoms. The average molecular weight is 421 g/mol. The summed E-state index contributed by atoms with van der Waals surface area (Å²) < 4.78 is 0. The molecule has 0 aliphatic heterocycles. The van der Waals surface area contributed by atoms with Crippen LogP contribution in [0.3, 0.4) is 0 Å². The first-order chi connectivity index (χ1) is 5.91. The van der Waals surface area contributed by atoms with E-state index in [4.69, 9.17) is 11.1 Å². The zero-order valence-corrected chi connectivity index (χ0v) is 14.2. The van der Waals surface area contributed by atoms with Crippen molar-refractivity contribution in [2.24, 2.45) is 5.73 Å². The molecule has 0 heterocycles. The van der Waals surface area contributed by atoms with Gasteiger partial charge in [-0.25, -0.2) is 0 Å². The van der Waals surface area contributed by atoms with Gasteiger partial charge in [-0.05, 0) is 11.0 Å². The number of nitrogen functional groups attached to an aromatic ring is 1. The molecule has 0 saturated carbocycles. The second-order valence-corrected chi connectivity index (χ2v) is 4.24. The summed E-state index contributed by atoms with van der Waals surface area (Å²) in [7, 11) is 0. The van der Waals surface area contributed by atoms with Crippen molar-refractivity contribution in [1.82, 2.24) is 0 Å². The van der Waals surface area contributed by atoms with Gasteiger partial charge in [0.05, 0.1) is 0 Å². The topological polar surface area (TPSA) is 81.4 Å². The van der Waals surface area contributed by atoms with E-state index >= 15 is 0 Å². The summed E-state index contributed by atoms with van der Waals surface area (Å²) >= 11 is 0. The summed E-state index contributed by atoms with van der Waals surface area (Å²) in [6, 6.07) is 7.83. The fourth-order valence-corrected chi connectivity index (χ4v) is 1.15. The first-order valence-corrected chi connectivity index (χ1v) is 4.36. The Labute approximate surface area is 127 Å². The molecule has 0 atom stereocenters. The monoisotopic (exact) mass is 421 g/mol. The summed E-state index contributed by atoms with van der Waals surface area (Å²) in [5.74, 6) is 0.125. The van der Waals surface area contributed by atoms with Gasteiger partial charge >= 0.3 is 0 Å². The second-order valence-electron chi connectivity index (χ2n) is 4.24. The summed E-state index contributed by atoms with van der Waals surface area (Å²) in [5, 5.41) is 7.24. The van der Waals surface area contributed by atoms with Crippen LogP contribution >= 0.6 is 0 Å². The minimum atomic E-state index is 0. The normalized spacial score (nSPS) is 9.80. The first-order valence-electron chi connectivity index (χ1n) is 4.36. The molecule has 0 unspecified atom stereocenters. The fraction of sp³-hybridized carbons (Fsp3) is 0.364. The number of hydrogen-bond acceptors (Lipinski definition) is 1. The molecule has 3 nitrogen and oxygen atoms in total. The predicted molar refractivity (Wildman–Crippen MR) is 59.8 cm³/mol. The van der Waals surface area contributed by atoms with Crippen LogP contribution in [-0.2, 0) is 5.41 Å². The Balaban J connectivity index is 0. The van der Waals surface area contributed by atoms with Crippen molar-refractivity contribution in [3.8, 4) is 0 Å². The van der Waals surface area contributed by atoms with Gasteiger partial charge in [0.15, 0.2) is 0 Å². The molecule has 81 valence electrons. The standard InChI is InChI=1S/C11H16N2.Ac.H2O/c1-11(2,3)9-6-4-8(5-7-9)10(12)13;;/h4-7H,1-3H3,(H3,12,13);;1H2. The summed E-state index contributed by atoms with van der Waals surface area (Å²) in [6.07, 6.45) is 0. The predicted octanol–water partition coefficient (Wildman–Crippen LogP) is 1.44. The number of nitrogens with two attached hydrogens (primary N) is 1. The maximum atomic E-state index is 7.24. The molecule has 1 aromatic carbocycles. The molecule has 0 bridgehead atoms. The molecule has 0 fully saturated rings. The molecular weight excluding hydrogens is 403 g/mol.